The first-order chi connectivity index (χ1) is 13.6. The first-order valence-electron chi connectivity index (χ1n) is 9.25. The van der Waals surface area contributed by atoms with E-state index in [1.807, 2.05) is 16.7 Å². The number of aromatic nitrogens is 3. The number of piperidine rings is 1. The molecule has 8 heteroatoms. The first kappa shape index (κ1) is 16.7. The second kappa shape index (κ2) is 6.33. The molecule has 5 rings (SSSR count). The number of carbonyl (C=O) groups is 1. The highest BCUT2D eigenvalue weighted by Crippen LogP contribution is 2.35. The number of para-hydroxylation sites is 1. The lowest BCUT2D eigenvalue weighted by atomic mass is 9.83. The molecule has 2 atom stereocenters. The van der Waals surface area contributed by atoms with Crippen LogP contribution in [0.3, 0.4) is 0 Å². The van der Waals surface area contributed by atoms with Crippen LogP contribution in [0.25, 0.3) is 5.69 Å². The van der Waals surface area contributed by atoms with Crippen molar-refractivity contribution in [2.75, 3.05) is 13.1 Å². The summed E-state index contributed by atoms with van der Waals surface area (Å²) in [6.45, 7) is 1.54. The Morgan fingerprint density at radius 3 is 2.75 bits per heavy atom. The van der Waals surface area contributed by atoms with Crippen molar-refractivity contribution in [1.82, 2.24) is 14.7 Å². The zero-order valence-electron chi connectivity index (χ0n) is 15.0. The Labute approximate surface area is 160 Å². The fourth-order valence-electron chi connectivity index (χ4n) is 4.38. The predicted octanol–water partition coefficient (Wildman–Crippen LogP) is 0.446. The zero-order valence-corrected chi connectivity index (χ0v) is 15.0. The second-order valence-corrected chi connectivity index (χ2v) is 7.36. The molecule has 0 radical (unpaired) electrons. The van der Waals surface area contributed by atoms with Crippen molar-refractivity contribution in [2.45, 2.75) is 18.9 Å². The summed E-state index contributed by atoms with van der Waals surface area (Å²) < 4.78 is 7.86. The number of pyridine rings is 1. The highest BCUT2D eigenvalue weighted by atomic mass is 16.6. The molecular formula is C20H18N4O4. The number of likely N-dealkylation sites (tertiary alicyclic amines) is 1. The summed E-state index contributed by atoms with van der Waals surface area (Å²) in [7, 11) is 0. The van der Waals surface area contributed by atoms with Gasteiger partial charge in [0.1, 0.15) is 0 Å². The van der Waals surface area contributed by atoms with Gasteiger partial charge in [0.25, 0.3) is 5.56 Å². The summed E-state index contributed by atoms with van der Waals surface area (Å²) in [5.74, 6) is -0.890. The van der Waals surface area contributed by atoms with Gasteiger partial charge in [-0.05, 0) is 23.1 Å². The van der Waals surface area contributed by atoms with Crippen molar-refractivity contribution in [3.63, 3.8) is 0 Å². The van der Waals surface area contributed by atoms with Gasteiger partial charge in [-0.15, -0.1) is 0 Å². The molecule has 2 aromatic heterocycles. The van der Waals surface area contributed by atoms with Gasteiger partial charge in [-0.2, -0.15) is 0 Å². The van der Waals surface area contributed by atoms with E-state index >= 15 is 0 Å². The van der Waals surface area contributed by atoms with Gasteiger partial charge in [-0.3, -0.25) is 9.59 Å². The van der Waals surface area contributed by atoms with Gasteiger partial charge in [0.15, 0.2) is 5.95 Å². The molecule has 2 unspecified atom stereocenters. The second-order valence-electron chi connectivity index (χ2n) is 7.36. The zero-order chi connectivity index (χ0) is 19.3. The summed E-state index contributed by atoms with van der Waals surface area (Å²) >= 11 is 0. The maximum atomic E-state index is 13.2. The third kappa shape index (κ3) is 2.60. The maximum absolute atomic E-state index is 13.2. The smallest absolute Gasteiger partial charge is 0.327 e. The summed E-state index contributed by atoms with van der Waals surface area (Å²) in [5.41, 5.74) is 1.43. The number of hydrogen-bond acceptors (Lipinski definition) is 5. The standard InChI is InChI=1S/C20H18N4O4/c25-17-8-4-7-16-14-9-13(11-23(16)17)10-22(12-14)19(26)18-20(27)28-21-24(18)15-5-2-1-3-6-15/h1-8,13-14H,9-12H2. The molecule has 1 saturated heterocycles. The molecule has 1 aromatic carbocycles. The van der Waals surface area contributed by atoms with Gasteiger partial charge >= 0.3 is 11.6 Å². The number of fused-ring (bicyclic) bond motifs is 4. The van der Waals surface area contributed by atoms with E-state index in [1.54, 1.807) is 41.3 Å². The molecule has 0 N–H and O–H groups in total. The van der Waals surface area contributed by atoms with Crippen LogP contribution in [0.5, 0.6) is 5.95 Å². The van der Waals surface area contributed by atoms with Crippen molar-refractivity contribution in [2.24, 2.45) is 5.92 Å². The Hall–Kier alpha value is -3.42. The molecular weight excluding hydrogens is 360 g/mol. The monoisotopic (exact) mass is 378 g/mol. The third-order valence-corrected chi connectivity index (χ3v) is 5.58. The van der Waals surface area contributed by atoms with Gasteiger partial charge in [0.05, 0.1) is 5.27 Å². The number of nitrogens with zero attached hydrogens (tertiary/aromatic N) is 4. The minimum absolute atomic E-state index is 0.00484. The molecule has 3 aromatic rings. The fourth-order valence-corrected chi connectivity index (χ4v) is 4.38. The van der Waals surface area contributed by atoms with Gasteiger partial charge in [0, 0.05) is 49.4 Å². The van der Waals surface area contributed by atoms with Crippen molar-refractivity contribution in [3.8, 4) is 11.6 Å². The Morgan fingerprint density at radius 2 is 1.93 bits per heavy atom. The van der Waals surface area contributed by atoms with Crippen LogP contribution in [0.4, 0.5) is 0 Å². The average Bonchev–Trinajstić information content (AvgIpc) is 3.10. The largest absolute Gasteiger partial charge is 0.538 e. The van der Waals surface area contributed by atoms with Crippen molar-refractivity contribution in [1.29, 1.82) is 0 Å². The summed E-state index contributed by atoms with van der Waals surface area (Å²) in [5, 5.41) is 16.0. The molecule has 4 heterocycles. The Balaban J connectivity index is 1.49. The third-order valence-electron chi connectivity index (χ3n) is 5.58. The number of rotatable bonds is 2. The molecule has 2 aliphatic rings. The lowest BCUT2D eigenvalue weighted by molar-refractivity contribution is -0.672. The van der Waals surface area contributed by atoms with Crippen molar-refractivity contribution in [3.05, 3.63) is 70.3 Å². The molecule has 2 bridgehead atoms. The van der Waals surface area contributed by atoms with Gasteiger partial charge in [-0.1, -0.05) is 24.3 Å². The van der Waals surface area contributed by atoms with Crippen molar-refractivity contribution >= 4 is 5.91 Å². The maximum Gasteiger partial charge on any atom is 0.327 e. The van der Waals surface area contributed by atoms with E-state index in [0.29, 0.717) is 25.3 Å². The fraction of sp³-hybridized carbons (Fsp3) is 0.300. The van der Waals surface area contributed by atoms with Crippen LogP contribution in [-0.2, 0) is 6.54 Å². The van der Waals surface area contributed by atoms with Crippen LogP contribution in [0.15, 0.2) is 57.8 Å². The van der Waals surface area contributed by atoms with E-state index in [1.165, 1.54) is 4.68 Å². The highest BCUT2D eigenvalue weighted by Gasteiger charge is 2.40. The first-order valence-corrected chi connectivity index (χ1v) is 9.25. The van der Waals surface area contributed by atoms with Gasteiger partial charge in [-0.25, -0.2) is 0 Å². The number of amides is 1. The van der Waals surface area contributed by atoms with Crippen LogP contribution in [-0.4, -0.2) is 33.7 Å². The minimum Gasteiger partial charge on any atom is -0.538 e. The molecule has 0 aliphatic carbocycles. The van der Waals surface area contributed by atoms with E-state index in [2.05, 4.69) is 5.27 Å². The van der Waals surface area contributed by atoms with Crippen LogP contribution in [0.2, 0.25) is 0 Å². The summed E-state index contributed by atoms with van der Waals surface area (Å²) in [4.78, 5) is 27.1. The van der Waals surface area contributed by atoms with Crippen LogP contribution >= 0.6 is 0 Å². The lowest BCUT2D eigenvalue weighted by Crippen LogP contribution is -2.51. The molecule has 28 heavy (non-hydrogen) atoms. The molecule has 2 aliphatic heterocycles. The molecule has 142 valence electrons. The SMILES string of the molecule is O=C(c1c([O-])on[n+]1-c1ccccc1)N1CC2CC(C1)c1cccc(=O)n1C2. The summed E-state index contributed by atoms with van der Waals surface area (Å²) in [6.07, 6.45) is 0.930. The van der Waals surface area contributed by atoms with Crippen LogP contribution in [0, 0.1) is 5.92 Å². The molecule has 8 nitrogen and oxygen atoms in total. The average molecular weight is 378 g/mol. The lowest BCUT2D eigenvalue weighted by Gasteiger charge is -2.42. The van der Waals surface area contributed by atoms with E-state index in [9.17, 15) is 14.7 Å². The van der Waals surface area contributed by atoms with Crippen LogP contribution in [0.1, 0.15) is 28.5 Å². The Kier molecular flexibility index (Phi) is 3.78. The quantitative estimate of drug-likeness (QED) is 0.603. The number of benzene rings is 1. The van der Waals surface area contributed by atoms with Crippen LogP contribution < -0.4 is 15.3 Å². The molecule has 0 spiro atoms. The molecule has 1 fully saturated rings. The Morgan fingerprint density at radius 1 is 1.11 bits per heavy atom. The van der Waals surface area contributed by atoms with E-state index in [0.717, 1.165) is 12.1 Å². The summed E-state index contributed by atoms with van der Waals surface area (Å²) in [6, 6.07) is 14.2. The van der Waals surface area contributed by atoms with Gasteiger partial charge < -0.3 is 19.1 Å². The normalized spacial score (nSPS) is 20.6. The highest BCUT2D eigenvalue weighted by molar-refractivity contribution is 5.92. The van der Waals surface area contributed by atoms with E-state index in [4.69, 9.17) is 4.52 Å². The van der Waals surface area contributed by atoms with Crippen molar-refractivity contribution < 1.29 is 19.1 Å². The predicted molar refractivity (Wildman–Crippen MR) is 94.9 cm³/mol. The number of hydrogen-bond donors (Lipinski definition) is 0. The molecule has 1 amide bonds. The van der Waals surface area contributed by atoms with E-state index < -0.39 is 11.9 Å². The topological polar surface area (TPSA) is 95.3 Å². The molecule has 0 saturated carbocycles. The Bertz CT molecular complexity index is 1100. The van der Waals surface area contributed by atoms with Gasteiger partial charge in [0.2, 0.25) is 5.69 Å². The minimum atomic E-state index is -0.749. The number of carbonyl (C=O) groups excluding carboxylic acids is 1. The van der Waals surface area contributed by atoms with E-state index in [-0.39, 0.29) is 23.1 Å².